The number of carbonyl (C=O) groups excluding carboxylic acids is 1. The lowest BCUT2D eigenvalue weighted by atomic mass is 10.2. The van der Waals surface area contributed by atoms with E-state index in [0.717, 1.165) is 6.07 Å². The van der Waals surface area contributed by atoms with Crippen LogP contribution in [0.15, 0.2) is 18.3 Å². The van der Waals surface area contributed by atoms with Crippen molar-refractivity contribution in [2.45, 2.75) is 12.2 Å². The number of aromatic nitrogens is 1. The molecule has 1 aliphatic rings. The van der Waals surface area contributed by atoms with E-state index >= 15 is 0 Å². The summed E-state index contributed by atoms with van der Waals surface area (Å²) in [4.78, 5) is 16.4. The maximum absolute atomic E-state index is 12.8. The highest BCUT2D eigenvalue weighted by Crippen LogP contribution is 2.14. The number of amides is 1. The fourth-order valence-corrected chi connectivity index (χ4v) is 1.65. The quantitative estimate of drug-likeness (QED) is 0.627. The third kappa shape index (κ3) is 2.02. The van der Waals surface area contributed by atoms with Crippen LogP contribution in [0.2, 0.25) is 0 Å². The van der Waals surface area contributed by atoms with Gasteiger partial charge in [-0.1, -0.05) is 0 Å². The molecule has 2 atom stereocenters. The van der Waals surface area contributed by atoms with Crippen LogP contribution in [0.4, 0.5) is 4.39 Å². The maximum atomic E-state index is 12.8. The first-order valence-electron chi connectivity index (χ1n) is 4.85. The molecule has 1 saturated heterocycles. The highest BCUT2D eigenvalue weighted by Gasteiger charge is 2.32. The first kappa shape index (κ1) is 11.0. The van der Waals surface area contributed by atoms with Crippen LogP contribution in [0.5, 0.6) is 0 Å². The molecule has 5 nitrogen and oxygen atoms in total. The Kier molecular flexibility index (Phi) is 2.84. The monoisotopic (exact) mass is 226 g/mol. The van der Waals surface area contributed by atoms with E-state index in [4.69, 9.17) is 0 Å². The maximum Gasteiger partial charge on any atom is 0.254 e. The molecule has 1 aliphatic heterocycles. The van der Waals surface area contributed by atoms with E-state index in [9.17, 15) is 19.4 Å². The molecule has 2 heterocycles. The van der Waals surface area contributed by atoms with Gasteiger partial charge in [-0.05, 0) is 6.07 Å². The molecule has 0 bridgehead atoms. The summed E-state index contributed by atoms with van der Waals surface area (Å²) in [6.07, 6.45) is -0.669. The molecule has 1 fully saturated rings. The normalized spacial score (nSPS) is 24.8. The van der Waals surface area contributed by atoms with E-state index in [0.29, 0.717) is 0 Å². The number of likely N-dealkylation sites (tertiary alicyclic amines) is 1. The Morgan fingerprint density at radius 2 is 2.06 bits per heavy atom. The summed E-state index contributed by atoms with van der Waals surface area (Å²) < 4.78 is 12.8. The van der Waals surface area contributed by atoms with Crippen molar-refractivity contribution in [3.63, 3.8) is 0 Å². The van der Waals surface area contributed by atoms with Crippen molar-refractivity contribution in [2.24, 2.45) is 0 Å². The van der Waals surface area contributed by atoms with Crippen LogP contribution >= 0.6 is 0 Å². The molecule has 1 aromatic heterocycles. The lowest BCUT2D eigenvalue weighted by Gasteiger charge is -2.14. The predicted octanol–water partition coefficient (Wildman–Crippen LogP) is -0.602. The van der Waals surface area contributed by atoms with Crippen molar-refractivity contribution in [3.8, 4) is 0 Å². The number of aliphatic hydroxyl groups is 2. The largest absolute Gasteiger partial charge is 0.388 e. The van der Waals surface area contributed by atoms with E-state index in [1.54, 1.807) is 0 Å². The highest BCUT2D eigenvalue weighted by atomic mass is 19.1. The van der Waals surface area contributed by atoms with E-state index in [2.05, 4.69) is 4.98 Å². The summed E-state index contributed by atoms with van der Waals surface area (Å²) in [5, 5.41) is 18.6. The Balaban J connectivity index is 2.14. The van der Waals surface area contributed by atoms with Crippen LogP contribution < -0.4 is 0 Å². The molecule has 0 spiro atoms. The Hall–Kier alpha value is -1.53. The van der Waals surface area contributed by atoms with Gasteiger partial charge in [0, 0.05) is 30.9 Å². The minimum absolute atomic E-state index is 0.0595. The topological polar surface area (TPSA) is 73.7 Å². The minimum atomic E-state index is -0.935. The summed E-state index contributed by atoms with van der Waals surface area (Å²) in [5.74, 6) is -1.15. The molecule has 2 N–H and O–H groups in total. The Morgan fingerprint density at radius 1 is 1.44 bits per heavy atom. The summed E-state index contributed by atoms with van der Waals surface area (Å²) in [7, 11) is 0. The predicted molar refractivity (Wildman–Crippen MR) is 52.1 cm³/mol. The average molecular weight is 226 g/mol. The molecule has 2 rings (SSSR count). The van der Waals surface area contributed by atoms with Crippen molar-refractivity contribution in [3.05, 3.63) is 29.8 Å². The van der Waals surface area contributed by atoms with Crippen molar-refractivity contribution in [1.29, 1.82) is 0 Å². The number of aliphatic hydroxyl groups excluding tert-OH is 2. The van der Waals surface area contributed by atoms with E-state index < -0.39 is 24.1 Å². The number of hydrogen-bond acceptors (Lipinski definition) is 4. The SMILES string of the molecule is O=C(c1ccnc(F)c1)N1C[C@@H](O)[C@@H](O)C1. The first-order valence-corrected chi connectivity index (χ1v) is 4.85. The number of rotatable bonds is 1. The first-order chi connectivity index (χ1) is 7.58. The lowest BCUT2D eigenvalue weighted by molar-refractivity contribution is 0.0572. The van der Waals surface area contributed by atoms with Gasteiger partial charge in [-0.15, -0.1) is 0 Å². The van der Waals surface area contributed by atoms with Gasteiger partial charge in [0.15, 0.2) is 0 Å². The second kappa shape index (κ2) is 4.15. The van der Waals surface area contributed by atoms with Crippen LogP contribution in [0, 0.1) is 5.95 Å². The third-order valence-electron chi connectivity index (χ3n) is 2.52. The van der Waals surface area contributed by atoms with Crippen LogP contribution in [0.3, 0.4) is 0 Å². The molecule has 0 saturated carbocycles. The van der Waals surface area contributed by atoms with Crippen molar-refractivity contribution < 1.29 is 19.4 Å². The number of carbonyl (C=O) groups is 1. The number of nitrogens with zero attached hydrogens (tertiary/aromatic N) is 2. The zero-order chi connectivity index (χ0) is 11.7. The molecule has 1 aromatic rings. The third-order valence-corrected chi connectivity index (χ3v) is 2.52. The molecule has 86 valence electrons. The van der Waals surface area contributed by atoms with Gasteiger partial charge < -0.3 is 15.1 Å². The molecule has 6 heteroatoms. The second-order valence-corrected chi connectivity index (χ2v) is 3.71. The van der Waals surface area contributed by atoms with Gasteiger partial charge in [-0.3, -0.25) is 4.79 Å². The summed E-state index contributed by atoms with van der Waals surface area (Å²) in [5.41, 5.74) is 0.161. The Bertz CT molecular complexity index is 403. The zero-order valence-corrected chi connectivity index (χ0v) is 8.38. The second-order valence-electron chi connectivity index (χ2n) is 3.71. The van der Waals surface area contributed by atoms with Crippen molar-refractivity contribution >= 4 is 5.91 Å². The average Bonchev–Trinajstić information content (AvgIpc) is 2.58. The summed E-state index contributed by atoms with van der Waals surface area (Å²) in [6.45, 7) is 0.119. The van der Waals surface area contributed by atoms with Crippen LogP contribution in [0.25, 0.3) is 0 Å². The molecular weight excluding hydrogens is 215 g/mol. The van der Waals surface area contributed by atoms with Gasteiger partial charge in [-0.25, -0.2) is 4.98 Å². The number of halogens is 1. The highest BCUT2D eigenvalue weighted by molar-refractivity contribution is 5.94. The molecule has 0 aromatic carbocycles. The number of pyridine rings is 1. The smallest absolute Gasteiger partial charge is 0.254 e. The molecular formula is C10H11FN2O3. The van der Waals surface area contributed by atoms with Gasteiger partial charge in [0.25, 0.3) is 5.91 Å². The lowest BCUT2D eigenvalue weighted by Crippen LogP contribution is -2.29. The van der Waals surface area contributed by atoms with Crippen molar-refractivity contribution in [2.75, 3.05) is 13.1 Å². The zero-order valence-electron chi connectivity index (χ0n) is 8.38. The Labute approximate surface area is 91.1 Å². The fraction of sp³-hybridized carbons (Fsp3) is 0.400. The fourth-order valence-electron chi connectivity index (χ4n) is 1.65. The van der Waals surface area contributed by atoms with Crippen LogP contribution in [-0.2, 0) is 0 Å². The van der Waals surface area contributed by atoms with Crippen LogP contribution in [0.1, 0.15) is 10.4 Å². The van der Waals surface area contributed by atoms with Gasteiger partial charge in [0.05, 0.1) is 12.2 Å². The molecule has 0 unspecified atom stereocenters. The molecule has 16 heavy (non-hydrogen) atoms. The van der Waals surface area contributed by atoms with Gasteiger partial charge in [0.2, 0.25) is 5.95 Å². The van der Waals surface area contributed by atoms with E-state index in [-0.39, 0.29) is 18.7 Å². The Morgan fingerprint density at radius 3 is 2.62 bits per heavy atom. The summed E-state index contributed by atoms with van der Waals surface area (Å²) >= 11 is 0. The number of β-amino-alcohol motifs (C(OH)–C–C–N with tert-alkyl or cyclic N) is 2. The summed E-state index contributed by atoms with van der Waals surface area (Å²) in [6, 6.07) is 2.42. The van der Waals surface area contributed by atoms with Crippen LogP contribution in [-0.4, -0.2) is 51.3 Å². The van der Waals surface area contributed by atoms with Crippen molar-refractivity contribution in [1.82, 2.24) is 9.88 Å². The molecule has 1 amide bonds. The van der Waals surface area contributed by atoms with Gasteiger partial charge in [-0.2, -0.15) is 4.39 Å². The molecule has 0 aliphatic carbocycles. The number of hydrogen-bond donors (Lipinski definition) is 2. The molecule has 0 radical (unpaired) electrons. The van der Waals surface area contributed by atoms with E-state index in [1.165, 1.54) is 17.2 Å². The van der Waals surface area contributed by atoms with E-state index in [1.807, 2.05) is 0 Å². The van der Waals surface area contributed by atoms with Gasteiger partial charge in [0.1, 0.15) is 0 Å². The minimum Gasteiger partial charge on any atom is -0.388 e. The van der Waals surface area contributed by atoms with Gasteiger partial charge >= 0.3 is 0 Å². The standard InChI is InChI=1S/C10H11FN2O3/c11-9-3-6(1-2-12-9)10(16)13-4-7(14)8(15)5-13/h1-3,7-8,14-15H,4-5H2/t7-,8+.